The van der Waals surface area contributed by atoms with E-state index in [2.05, 4.69) is 22.5 Å². The van der Waals surface area contributed by atoms with Gasteiger partial charge in [0.1, 0.15) is 0 Å². The second-order valence-electron chi connectivity index (χ2n) is 2.27. The molecule has 0 bridgehead atoms. The molecule has 0 amide bonds. The van der Waals surface area contributed by atoms with E-state index in [1.807, 2.05) is 18.6 Å². The molecule has 2 unspecified atom stereocenters. The van der Waals surface area contributed by atoms with Gasteiger partial charge in [-0.05, 0) is 12.3 Å². The molecular formula is C7H8N2. The molecule has 0 spiro atoms. The van der Waals surface area contributed by atoms with Crippen molar-refractivity contribution in [3.63, 3.8) is 0 Å². The topological polar surface area (TPSA) is 24.4 Å². The van der Waals surface area contributed by atoms with Crippen molar-refractivity contribution < 1.29 is 0 Å². The summed E-state index contributed by atoms with van der Waals surface area (Å²) in [6.07, 6.45) is 9.97. The number of aliphatic imine (C=N–C) groups is 1. The second kappa shape index (κ2) is 1.72. The quantitative estimate of drug-likeness (QED) is 0.499. The molecule has 0 radical (unpaired) electrons. The van der Waals surface area contributed by atoms with Gasteiger partial charge in [-0.15, -0.1) is 0 Å². The molecule has 9 heavy (non-hydrogen) atoms. The van der Waals surface area contributed by atoms with Gasteiger partial charge >= 0.3 is 0 Å². The highest BCUT2D eigenvalue weighted by Gasteiger charge is 2.18. The van der Waals surface area contributed by atoms with Crippen LogP contribution in [0.25, 0.3) is 0 Å². The van der Waals surface area contributed by atoms with E-state index in [9.17, 15) is 0 Å². The number of nitrogens with one attached hydrogen (secondary N) is 1. The first-order chi connectivity index (χ1) is 4.47. The number of hydrogen-bond donors (Lipinski definition) is 1. The third-order valence-corrected chi connectivity index (χ3v) is 1.66. The SMILES string of the molecule is C1=CC2NC=CC2C=N1. The Bertz CT molecular complexity index is 191. The summed E-state index contributed by atoms with van der Waals surface area (Å²) >= 11 is 0. The highest BCUT2D eigenvalue weighted by molar-refractivity contribution is 5.68. The molecular weight excluding hydrogens is 112 g/mol. The first-order valence-corrected chi connectivity index (χ1v) is 3.09. The van der Waals surface area contributed by atoms with E-state index in [0.717, 1.165) is 0 Å². The summed E-state index contributed by atoms with van der Waals surface area (Å²) < 4.78 is 0. The highest BCUT2D eigenvalue weighted by atomic mass is 14.9. The predicted octanol–water partition coefficient (Wildman–Crippen LogP) is 0.686. The zero-order chi connectivity index (χ0) is 6.10. The van der Waals surface area contributed by atoms with Gasteiger partial charge in [-0.2, -0.15) is 0 Å². The van der Waals surface area contributed by atoms with Gasteiger partial charge in [0.2, 0.25) is 0 Å². The van der Waals surface area contributed by atoms with Crippen molar-refractivity contribution in [1.82, 2.24) is 5.32 Å². The Balaban J connectivity index is 2.25. The molecule has 2 rings (SSSR count). The van der Waals surface area contributed by atoms with Crippen LogP contribution in [0.5, 0.6) is 0 Å². The van der Waals surface area contributed by atoms with Gasteiger partial charge in [-0.25, -0.2) is 0 Å². The van der Waals surface area contributed by atoms with Crippen LogP contribution in [-0.2, 0) is 0 Å². The van der Waals surface area contributed by atoms with Crippen molar-refractivity contribution in [1.29, 1.82) is 0 Å². The van der Waals surface area contributed by atoms with Crippen LogP contribution in [0.1, 0.15) is 0 Å². The number of nitrogens with zero attached hydrogens (tertiary/aromatic N) is 1. The average Bonchev–Trinajstić information content (AvgIpc) is 2.33. The fraction of sp³-hybridized carbons (Fsp3) is 0.286. The molecule has 0 aromatic heterocycles. The van der Waals surface area contributed by atoms with Gasteiger partial charge in [0, 0.05) is 18.3 Å². The zero-order valence-corrected chi connectivity index (χ0v) is 4.99. The fourth-order valence-corrected chi connectivity index (χ4v) is 1.13. The Labute approximate surface area is 54.0 Å². The normalized spacial score (nSPS) is 36.4. The lowest BCUT2D eigenvalue weighted by atomic mass is 10.0. The van der Waals surface area contributed by atoms with Crippen LogP contribution in [0.4, 0.5) is 0 Å². The van der Waals surface area contributed by atoms with Crippen LogP contribution in [0.2, 0.25) is 0 Å². The summed E-state index contributed by atoms with van der Waals surface area (Å²) in [5.41, 5.74) is 0. The van der Waals surface area contributed by atoms with Gasteiger partial charge < -0.3 is 5.32 Å². The summed E-state index contributed by atoms with van der Waals surface area (Å²) in [7, 11) is 0. The molecule has 1 N–H and O–H groups in total. The molecule has 0 saturated carbocycles. The minimum absolute atomic E-state index is 0.475. The highest BCUT2D eigenvalue weighted by Crippen LogP contribution is 2.13. The Morgan fingerprint density at radius 3 is 3.22 bits per heavy atom. The lowest BCUT2D eigenvalue weighted by Crippen LogP contribution is -2.26. The lowest BCUT2D eigenvalue weighted by Gasteiger charge is -2.13. The summed E-state index contributed by atoms with van der Waals surface area (Å²) in [4.78, 5) is 4.02. The Morgan fingerprint density at radius 1 is 1.33 bits per heavy atom. The van der Waals surface area contributed by atoms with Gasteiger partial charge in [-0.1, -0.05) is 6.08 Å². The standard InChI is InChI=1S/C7H8N2/c1-4-9-7-2-3-8-5-6(1)7/h1-7,9H. The van der Waals surface area contributed by atoms with Crippen molar-refractivity contribution in [2.24, 2.45) is 10.9 Å². The maximum atomic E-state index is 4.02. The van der Waals surface area contributed by atoms with Crippen molar-refractivity contribution in [2.75, 3.05) is 0 Å². The number of hydrogen-bond acceptors (Lipinski definition) is 2. The van der Waals surface area contributed by atoms with E-state index in [4.69, 9.17) is 0 Å². The molecule has 46 valence electrons. The Morgan fingerprint density at radius 2 is 2.33 bits per heavy atom. The maximum Gasteiger partial charge on any atom is 0.0569 e. The van der Waals surface area contributed by atoms with Crippen LogP contribution in [0.15, 0.2) is 29.5 Å². The van der Waals surface area contributed by atoms with Gasteiger partial charge in [0.15, 0.2) is 0 Å². The summed E-state index contributed by atoms with van der Waals surface area (Å²) in [5, 5.41) is 3.20. The van der Waals surface area contributed by atoms with Crippen molar-refractivity contribution >= 4 is 6.21 Å². The zero-order valence-electron chi connectivity index (χ0n) is 4.99. The molecule has 2 heteroatoms. The Hall–Kier alpha value is -1.05. The minimum atomic E-state index is 0.475. The fourth-order valence-electron chi connectivity index (χ4n) is 1.13. The third kappa shape index (κ3) is 0.669. The first-order valence-electron chi connectivity index (χ1n) is 3.09. The maximum absolute atomic E-state index is 4.02. The summed E-state index contributed by atoms with van der Waals surface area (Å²) in [6, 6.07) is 0.475. The molecule has 0 fully saturated rings. The van der Waals surface area contributed by atoms with E-state index in [1.54, 1.807) is 0 Å². The molecule has 0 aromatic rings. The van der Waals surface area contributed by atoms with Crippen LogP contribution in [0, 0.1) is 5.92 Å². The largest absolute Gasteiger partial charge is 0.384 e. The first kappa shape index (κ1) is 4.79. The molecule has 0 saturated heterocycles. The molecule has 2 aliphatic rings. The van der Waals surface area contributed by atoms with Crippen molar-refractivity contribution in [3.8, 4) is 0 Å². The minimum Gasteiger partial charge on any atom is -0.384 e. The molecule has 2 nitrogen and oxygen atoms in total. The number of fused-ring (bicyclic) bond motifs is 1. The third-order valence-electron chi connectivity index (χ3n) is 1.66. The van der Waals surface area contributed by atoms with Crippen LogP contribution < -0.4 is 5.32 Å². The van der Waals surface area contributed by atoms with E-state index < -0.39 is 0 Å². The van der Waals surface area contributed by atoms with Crippen LogP contribution in [0.3, 0.4) is 0 Å². The monoisotopic (exact) mass is 120 g/mol. The van der Waals surface area contributed by atoms with E-state index in [-0.39, 0.29) is 0 Å². The molecule has 0 aliphatic carbocycles. The van der Waals surface area contributed by atoms with Crippen molar-refractivity contribution in [3.05, 3.63) is 24.6 Å². The molecule has 2 heterocycles. The molecule has 2 atom stereocenters. The Kier molecular flexibility index (Phi) is 0.918. The number of rotatable bonds is 0. The summed E-state index contributed by atoms with van der Waals surface area (Å²) in [5.74, 6) is 0.495. The van der Waals surface area contributed by atoms with Crippen LogP contribution in [-0.4, -0.2) is 12.3 Å². The van der Waals surface area contributed by atoms with E-state index in [0.29, 0.717) is 12.0 Å². The smallest absolute Gasteiger partial charge is 0.0569 e. The van der Waals surface area contributed by atoms with E-state index >= 15 is 0 Å². The van der Waals surface area contributed by atoms with E-state index in [1.165, 1.54) is 0 Å². The predicted molar refractivity (Wildman–Crippen MR) is 37.2 cm³/mol. The van der Waals surface area contributed by atoms with Gasteiger partial charge in [0.05, 0.1) is 6.04 Å². The summed E-state index contributed by atoms with van der Waals surface area (Å²) in [6.45, 7) is 0. The van der Waals surface area contributed by atoms with Crippen molar-refractivity contribution in [2.45, 2.75) is 6.04 Å². The van der Waals surface area contributed by atoms with Crippen LogP contribution >= 0.6 is 0 Å². The average molecular weight is 120 g/mol. The molecule has 2 aliphatic heterocycles. The van der Waals surface area contributed by atoms with Gasteiger partial charge in [0.25, 0.3) is 0 Å². The van der Waals surface area contributed by atoms with Gasteiger partial charge in [-0.3, -0.25) is 4.99 Å². The molecule has 0 aromatic carbocycles. The second-order valence-corrected chi connectivity index (χ2v) is 2.27. The lowest BCUT2D eigenvalue weighted by molar-refractivity contribution is 0.681.